The zero-order valence-electron chi connectivity index (χ0n) is 6.16. The summed E-state index contributed by atoms with van der Waals surface area (Å²) in [5, 5.41) is 9.49. The number of aliphatic hydroxyl groups excluding tert-OH is 1. The van der Waals surface area contributed by atoms with Crippen molar-refractivity contribution in [1.29, 1.82) is 0 Å². The quantitative estimate of drug-likeness (QED) is 0.505. The maximum Gasteiger partial charge on any atom is 0.0574 e. The highest BCUT2D eigenvalue weighted by Gasteiger charge is 2.34. The van der Waals surface area contributed by atoms with Gasteiger partial charge < -0.3 is 5.11 Å². The van der Waals surface area contributed by atoms with Crippen LogP contribution < -0.4 is 0 Å². The molecule has 0 spiro atoms. The van der Waals surface area contributed by atoms with E-state index in [0.29, 0.717) is 5.92 Å². The third-order valence-electron chi connectivity index (χ3n) is 2.95. The zero-order valence-corrected chi connectivity index (χ0v) is 6.16. The van der Waals surface area contributed by atoms with Crippen LogP contribution in [0.4, 0.5) is 0 Å². The van der Waals surface area contributed by atoms with Gasteiger partial charge >= 0.3 is 0 Å². The van der Waals surface area contributed by atoms with E-state index in [4.69, 9.17) is 0 Å². The lowest BCUT2D eigenvalue weighted by molar-refractivity contribution is 0.117. The highest BCUT2D eigenvalue weighted by Crippen LogP contribution is 2.39. The molecule has 1 N–H and O–H groups in total. The molecule has 3 atom stereocenters. The number of hydrogen-bond donors (Lipinski definition) is 1. The Morgan fingerprint density at radius 2 is 1.90 bits per heavy atom. The van der Waals surface area contributed by atoms with Gasteiger partial charge in [-0.25, -0.2) is 0 Å². The minimum absolute atomic E-state index is 0.00921. The Hall–Kier alpha value is -0.300. The van der Waals surface area contributed by atoms with Crippen molar-refractivity contribution in [2.24, 2.45) is 11.8 Å². The van der Waals surface area contributed by atoms with Gasteiger partial charge in [-0.1, -0.05) is 12.2 Å². The standard InChI is InChI=1S/C9H14O/c10-9-6-5-7-3-1-2-4-8(7)9/h1-2,7-10H,3-6H2/t7-,8+,9+/m1/s1. The molecule has 0 aliphatic heterocycles. The van der Waals surface area contributed by atoms with E-state index in [9.17, 15) is 5.11 Å². The third kappa shape index (κ3) is 0.891. The van der Waals surface area contributed by atoms with Gasteiger partial charge in [-0.2, -0.15) is 0 Å². The third-order valence-corrected chi connectivity index (χ3v) is 2.95. The molecule has 2 aliphatic rings. The van der Waals surface area contributed by atoms with Gasteiger partial charge in [0, 0.05) is 0 Å². The molecule has 0 bridgehead atoms. The van der Waals surface area contributed by atoms with Crippen molar-refractivity contribution in [3.63, 3.8) is 0 Å². The van der Waals surface area contributed by atoms with Gasteiger partial charge in [-0.05, 0) is 37.5 Å². The van der Waals surface area contributed by atoms with Crippen molar-refractivity contribution in [2.75, 3.05) is 0 Å². The van der Waals surface area contributed by atoms with E-state index < -0.39 is 0 Å². The van der Waals surface area contributed by atoms with E-state index in [0.717, 1.165) is 18.8 Å². The largest absolute Gasteiger partial charge is 0.393 e. The number of hydrogen-bond acceptors (Lipinski definition) is 1. The van der Waals surface area contributed by atoms with Crippen LogP contribution in [0.15, 0.2) is 12.2 Å². The van der Waals surface area contributed by atoms with E-state index >= 15 is 0 Å². The minimum Gasteiger partial charge on any atom is -0.393 e. The van der Waals surface area contributed by atoms with Crippen molar-refractivity contribution >= 4 is 0 Å². The average molecular weight is 138 g/mol. The molecule has 56 valence electrons. The molecule has 0 aromatic rings. The van der Waals surface area contributed by atoms with Crippen LogP contribution >= 0.6 is 0 Å². The fourth-order valence-corrected chi connectivity index (χ4v) is 2.29. The Bertz CT molecular complexity index is 151. The summed E-state index contributed by atoms with van der Waals surface area (Å²) in [6, 6.07) is 0. The number of allylic oxidation sites excluding steroid dienone is 2. The fourth-order valence-electron chi connectivity index (χ4n) is 2.29. The van der Waals surface area contributed by atoms with Gasteiger partial charge in [-0.3, -0.25) is 0 Å². The molecule has 0 aromatic carbocycles. The second-order valence-electron chi connectivity index (χ2n) is 3.51. The van der Waals surface area contributed by atoms with E-state index in [2.05, 4.69) is 12.2 Å². The summed E-state index contributed by atoms with van der Waals surface area (Å²) in [6.45, 7) is 0. The van der Waals surface area contributed by atoms with Gasteiger partial charge in [0.15, 0.2) is 0 Å². The van der Waals surface area contributed by atoms with Gasteiger partial charge in [0.1, 0.15) is 0 Å². The van der Waals surface area contributed by atoms with E-state index in [1.807, 2.05) is 0 Å². The lowest BCUT2D eigenvalue weighted by Crippen LogP contribution is -2.19. The Balaban J connectivity index is 2.10. The first-order chi connectivity index (χ1) is 4.88. The molecular formula is C9H14O. The van der Waals surface area contributed by atoms with Gasteiger partial charge in [0.25, 0.3) is 0 Å². The Morgan fingerprint density at radius 1 is 1.10 bits per heavy atom. The van der Waals surface area contributed by atoms with Crippen LogP contribution in [0.3, 0.4) is 0 Å². The molecule has 10 heavy (non-hydrogen) atoms. The second kappa shape index (κ2) is 2.39. The summed E-state index contributed by atoms with van der Waals surface area (Å²) < 4.78 is 0. The maximum absolute atomic E-state index is 9.49. The van der Waals surface area contributed by atoms with Crippen molar-refractivity contribution in [2.45, 2.75) is 31.8 Å². The molecule has 1 nitrogen and oxygen atoms in total. The van der Waals surface area contributed by atoms with Gasteiger partial charge in [-0.15, -0.1) is 0 Å². The lowest BCUT2D eigenvalue weighted by Gasteiger charge is -2.22. The molecule has 1 heteroatoms. The van der Waals surface area contributed by atoms with Gasteiger partial charge in [0.05, 0.1) is 6.10 Å². The average Bonchev–Trinajstić information content (AvgIpc) is 2.34. The smallest absolute Gasteiger partial charge is 0.0574 e. The van der Waals surface area contributed by atoms with E-state index in [-0.39, 0.29) is 6.10 Å². The van der Waals surface area contributed by atoms with E-state index in [1.165, 1.54) is 12.8 Å². The van der Waals surface area contributed by atoms with Crippen LogP contribution in [0.2, 0.25) is 0 Å². The summed E-state index contributed by atoms with van der Waals surface area (Å²) in [4.78, 5) is 0. The molecule has 1 saturated carbocycles. The summed E-state index contributed by atoms with van der Waals surface area (Å²) >= 11 is 0. The van der Waals surface area contributed by atoms with Crippen molar-refractivity contribution in [1.82, 2.24) is 0 Å². The molecule has 2 rings (SSSR count). The fraction of sp³-hybridized carbons (Fsp3) is 0.778. The first-order valence-electron chi connectivity index (χ1n) is 4.21. The molecule has 0 unspecified atom stereocenters. The van der Waals surface area contributed by atoms with Crippen LogP contribution in [0.5, 0.6) is 0 Å². The Kier molecular flexibility index (Phi) is 1.53. The molecule has 0 amide bonds. The molecule has 0 heterocycles. The Morgan fingerprint density at radius 3 is 2.70 bits per heavy atom. The minimum atomic E-state index is 0.00921. The van der Waals surface area contributed by atoms with E-state index in [1.54, 1.807) is 0 Å². The van der Waals surface area contributed by atoms with Crippen LogP contribution in [-0.4, -0.2) is 11.2 Å². The normalized spacial score (nSPS) is 45.5. The summed E-state index contributed by atoms with van der Waals surface area (Å²) in [5.74, 6) is 1.41. The predicted octanol–water partition coefficient (Wildman–Crippen LogP) is 1.72. The van der Waals surface area contributed by atoms with Gasteiger partial charge in [0.2, 0.25) is 0 Å². The monoisotopic (exact) mass is 138 g/mol. The van der Waals surface area contributed by atoms with Crippen molar-refractivity contribution < 1.29 is 5.11 Å². The first kappa shape index (κ1) is 6.41. The molecule has 2 aliphatic carbocycles. The molecule has 0 saturated heterocycles. The zero-order chi connectivity index (χ0) is 6.97. The molecule has 0 radical (unpaired) electrons. The summed E-state index contributed by atoms with van der Waals surface area (Å²) in [5.41, 5.74) is 0. The Labute approximate surface area is 61.8 Å². The SMILES string of the molecule is O[C@H]1CC[C@H]2CC=CC[C@@H]21. The number of aliphatic hydroxyl groups is 1. The van der Waals surface area contributed by atoms with Crippen LogP contribution in [0.1, 0.15) is 25.7 Å². The molecule has 1 fully saturated rings. The maximum atomic E-state index is 9.49. The van der Waals surface area contributed by atoms with Crippen LogP contribution in [0, 0.1) is 11.8 Å². The highest BCUT2D eigenvalue weighted by molar-refractivity contribution is 4.99. The van der Waals surface area contributed by atoms with Crippen LogP contribution in [-0.2, 0) is 0 Å². The first-order valence-corrected chi connectivity index (χ1v) is 4.21. The lowest BCUT2D eigenvalue weighted by atomic mass is 9.85. The topological polar surface area (TPSA) is 20.2 Å². The second-order valence-corrected chi connectivity index (χ2v) is 3.51. The summed E-state index contributed by atoms with van der Waals surface area (Å²) in [6.07, 6.45) is 9.10. The predicted molar refractivity (Wildman–Crippen MR) is 40.6 cm³/mol. The molecule has 0 aromatic heterocycles. The number of rotatable bonds is 0. The van der Waals surface area contributed by atoms with Crippen molar-refractivity contribution in [3.8, 4) is 0 Å². The highest BCUT2D eigenvalue weighted by atomic mass is 16.3. The summed E-state index contributed by atoms with van der Waals surface area (Å²) in [7, 11) is 0. The molecular weight excluding hydrogens is 124 g/mol. The van der Waals surface area contributed by atoms with Crippen LogP contribution in [0.25, 0.3) is 0 Å². The number of fused-ring (bicyclic) bond motifs is 1. The van der Waals surface area contributed by atoms with Crippen molar-refractivity contribution in [3.05, 3.63) is 12.2 Å².